The van der Waals surface area contributed by atoms with E-state index in [4.69, 9.17) is 0 Å². The minimum absolute atomic E-state index is 0.118. The van der Waals surface area contributed by atoms with Gasteiger partial charge >= 0.3 is 5.69 Å². The average Bonchev–Trinajstić information content (AvgIpc) is 3.01. The highest BCUT2D eigenvalue weighted by molar-refractivity contribution is 5.61. The summed E-state index contributed by atoms with van der Waals surface area (Å²) in [6.07, 6.45) is 7.79. The van der Waals surface area contributed by atoms with Gasteiger partial charge in [0.05, 0.1) is 4.92 Å². The first-order valence-electron chi connectivity index (χ1n) is 7.32. The first-order chi connectivity index (χ1) is 9.75. The maximum absolute atomic E-state index is 11.1. The third-order valence-corrected chi connectivity index (χ3v) is 4.44. The fourth-order valence-corrected chi connectivity index (χ4v) is 3.46. The maximum atomic E-state index is 11.1. The summed E-state index contributed by atoms with van der Waals surface area (Å²) in [6.45, 7) is 2.91. The fraction of sp³-hybridized carbons (Fsp3) is 0.643. The van der Waals surface area contributed by atoms with Gasteiger partial charge in [0.25, 0.3) is 0 Å². The van der Waals surface area contributed by atoms with Crippen LogP contribution in [0.2, 0.25) is 0 Å². The molecule has 3 rings (SSSR count). The lowest BCUT2D eigenvalue weighted by molar-refractivity contribution is -0.384. The molecule has 6 heteroatoms. The molecule has 0 aromatic carbocycles. The number of pyridine rings is 1. The van der Waals surface area contributed by atoms with Gasteiger partial charge in [0, 0.05) is 25.3 Å². The smallest absolute Gasteiger partial charge is 0.310 e. The highest BCUT2D eigenvalue weighted by atomic mass is 16.6. The van der Waals surface area contributed by atoms with E-state index < -0.39 is 0 Å². The van der Waals surface area contributed by atoms with Crippen molar-refractivity contribution in [2.45, 2.75) is 31.7 Å². The Morgan fingerprint density at radius 2 is 2.30 bits per heavy atom. The summed E-state index contributed by atoms with van der Waals surface area (Å²) in [4.78, 5) is 16.8. The Labute approximate surface area is 118 Å². The lowest BCUT2D eigenvalue weighted by Crippen LogP contribution is -2.43. The van der Waals surface area contributed by atoms with E-state index in [0.717, 1.165) is 26.1 Å². The molecule has 2 saturated heterocycles. The molecule has 0 saturated carbocycles. The van der Waals surface area contributed by atoms with Gasteiger partial charge in [-0.15, -0.1) is 0 Å². The SMILES string of the molecule is O=[N+]([O-])c1cnccc1N1CCCC(C2CCCN2)C1. The second-order valence-electron chi connectivity index (χ2n) is 5.67. The molecule has 6 nitrogen and oxygen atoms in total. The average molecular weight is 276 g/mol. The lowest BCUT2D eigenvalue weighted by atomic mass is 9.89. The maximum Gasteiger partial charge on any atom is 0.310 e. The van der Waals surface area contributed by atoms with Crippen LogP contribution in [0.15, 0.2) is 18.5 Å². The van der Waals surface area contributed by atoms with Crippen molar-refractivity contribution in [1.29, 1.82) is 0 Å². The van der Waals surface area contributed by atoms with Crippen LogP contribution in [0.25, 0.3) is 0 Å². The Hall–Kier alpha value is -1.69. The van der Waals surface area contributed by atoms with Crippen molar-refractivity contribution in [3.63, 3.8) is 0 Å². The van der Waals surface area contributed by atoms with Crippen LogP contribution in [0.1, 0.15) is 25.7 Å². The summed E-state index contributed by atoms with van der Waals surface area (Å²) < 4.78 is 0. The van der Waals surface area contributed by atoms with E-state index in [2.05, 4.69) is 15.2 Å². The summed E-state index contributed by atoms with van der Waals surface area (Å²) in [5, 5.41) is 14.7. The van der Waals surface area contributed by atoms with Gasteiger partial charge in [-0.2, -0.15) is 0 Å². The largest absolute Gasteiger partial charge is 0.366 e. The number of nitrogens with zero attached hydrogens (tertiary/aromatic N) is 3. The molecule has 1 aromatic heterocycles. The van der Waals surface area contributed by atoms with Crippen molar-refractivity contribution in [1.82, 2.24) is 10.3 Å². The topological polar surface area (TPSA) is 71.3 Å². The molecule has 0 spiro atoms. The molecule has 0 aliphatic carbocycles. The first kappa shape index (κ1) is 13.3. The molecule has 2 atom stereocenters. The Morgan fingerprint density at radius 1 is 1.40 bits per heavy atom. The summed E-state index contributed by atoms with van der Waals surface area (Å²) in [5.41, 5.74) is 0.834. The third-order valence-electron chi connectivity index (χ3n) is 4.44. The van der Waals surface area contributed by atoms with Gasteiger partial charge in [-0.05, 0) is 44.2 Å². The molecule has 0 amide bonds. The van der Waals surface area contributed by atoms with Crippen molar-refractivity contribution in [3.05, 3.63) is 28.6 Å². The molecule has 108 valence electrons. The van der Waals surface area contributed by atoms with E-state index in [-0.39, 0.29) is 10.6 Å². The molecule has 2 aliphatic rings. The van der Waals surface area contributed by atoms with E-state index in [9.17, 15) is 10.1 Å². The van der Waals surface area contributed by atoms with Gasteiger partial charge in [0.1, 0.15) is 11.9 Å². The van der Waals surface area contributed by atoms with Gasteiger partial charge in [-0.1, -0.05) is 0 Å². The van der Waals surface area contributed by atoms with Gasteiger partial charge in [0.2, 0.25) is 0 Å². The van der Waals surface area contributed by atoms with Gasteiger partial charge in [0.15, 0.2) is 0 Å². The normalized spacial score (nSPS) is 26.7. The summed E-state index contributed by atoms with van der Waals surface area (Å²) in [7, 11) is 0. The molecule has 2 fully saturated rings. The standard InChI is InChI=1S/C14H20N4O2/c19-18(20)14-9-15-7-5-13(14)17-8-2-3-11(10-17)12-4-1-6-16-12/h5,7,9,11-12,16H,1-4,6,8,10H2. The van der Waals surface area contributed by atoms with Gasteiger partial charge in [-0.25, -0.2) is 0 Å². The first-order valence-corrected chi connectivity index (χ1v) is 7.32. The van der Waals surface area contributed by atoms with E-state index in [1.54, 1.807) is 12.3 Å². The van der Waals surface area contributed by atoms with Crippen LogP contribution in [0.4, 0.5) is 11.4 Å². The number of piperidine rings is 1. The Kier molecular flexibility index (Phi) is 3.82. The molecule has 1 aromatic rings. The van der Waals surface area contributed by atoms with Crippen LogP contribution in [-0.2, 0) is 0 Å². The van der Waals surface area contributed by atoms with Crippen molar-refractivity contribution in [2.75, 3.05) is 24.5 Å². The van der Waals surface area contributed by atoms with E-state index >= 15 is 0 Å². The summed E-state index contributed by atoms with van der Waals surface area (Å²) >= 11 is 0. The minimum Gasteiger partial charge on any atom is -0.366 e. The Morgan fingerprint density at radius 3 is 3.05 bits per heavy atom. The predicted molar refractivity (Wildman–Crippen MR) is 76.9 cm³/mol. The molecule has 3 heterocycles. The predicted octanol–water partition coefficient (Wildman–Crippen LogP) is 1.96. The Balaban J connectivity index is 1.78. The van der Waals surface area contributed by atoms with Crippen LogP contribution < -0.4 is 10.2 Å². The van der Waals surface area contributed by atoms with Gasteiger partial charge in [-0.3, -0.25) is 15.1 Å². The number of nitrogens with one attached hydrogen (secondary N) is 1. The minimum atomic E-state index is -0.334. The summed E-state index contributed by atoms with van der Waals surface area (Å²) in [6, 6.07) is 2.35. The van der Waals surface area contributed by atoms with E-state index in [0.29, 0.717) is 17.6 Å². The third kappa shape index (κ3) is 2.60. The van der Waals surface area contributed by atoms with E-state index in [1.165, 1.54) is 25.5 Å². The molecule has 0 bridgehead atoms. The zero-order valence-corrected chi connectivity index (χ0v) is 11.5. The van der Waals surface area contributed by atoms with Crippen LogP contribution in [-0.4, -0.2) is 35.6 Å². The zero-order valence-electron chi connectivity index (χ0n) is 11.5. The second-order valence-corrected chi connectivity index (χ2v) is 5.67. The molecule has 1 N–H and O–H groups in total. The quantitative estimate of drug-likeness (QED) is 0.675. The lowest BCUT2D eigenvalue weighted by Gasteiger charge is -2.36. The molecule has 2 unspecified atom stereocenters. The monoisotopic (exact) mass is 276 g/mol. The highest BCUT2D eigenvalue weighted by Gasteiger charge is 2.31. The van der Waals surface area contributed by atoms with Crippen LogP contribution in [0, 0.1) is 16.0 Å². The molecule has 0 radical (unpaired) electrons. The van der Waals surface area contributed by atoms with Crippen molar-refractivity contribution >= 4 is 11.4 Å². The fourth-order valence-electron chi connectivity index (χ4n) is 3.46. The van der Waals surface area contributed by atoms with Crippen LogP contribution in [0.5, 0.6) is 0 Å². The summed E-state index contributed by atoms with van der Waals surface area (Å²) in [5.74, 6) is 0.596. The van der Waals surface area contributed by atoms with Crippen molar-refractivity contribution in [3.8, 4) is 0 Å². The molecule has 20 heavy (non-hydrogen) atoms. The van der Waals surface area contributed by atoms with Crippen molar-refractivity contribution in [2.24, 2.45) is 5.92 Å². The number of hydrogen-bond acceptors (Lipinski definition) is 5. The zero-order chi connectivity index (χ0) is 13.9. The Bertz CT molecular complexity index is 488. The second kappa shape index (κ2) is 5.75. The molecular formula is C14H20N4O2. The highest BCUT2D eigenvalue weighted by Crippen LogP contribution is 2.32. The van der Waals surface area contributed by atoms with Crippen LogP contribution in [0.3, 0.4) is 0 Å². The van der Waals surface area contributed by atoms with Gasteiger partial charge < -0.3 is 10.2 Å². The number of nitro groups is 1. The number of rotatable bonds is 3. The molecular weight excluding hydrogens is 256 g/mol. The number of anilines is 1. The number of hydrogen-bond donors (Lipinski definition) is 1. The molecule has 2 aliphatic heterocycles. The van der Waals surface area contributed by atoms with Crippen LogP contribution >= 0.6 is 0 Å². The number of aromatic nitrogens is 1. The van der Waals surface area contributed by atoms with E-state index in [1.807, 2.05) is 0 Å². The van der Waals surface area contributed by atoms with Crippen molar-refractivity contribution < 1.29 is 4.92 Å².